The second-order valence-corrected chi connectivity index (χ2v) is 5.57. The van der Waals surface area contributed by atoms with E-state index >= 15 is 0 Å². The number of hydrogen-bond donors (Lipinski definition) is 0. The lowest BCUT2D eigenvalue weighted by molar-refractivity contribution is -0.127. The van der Waals surface area contributed by atoms with Gasteiger partial charge < -0.3 is 9.80 Å². The minimum atomic E-state index is 0.175. The highest BCUT2D eigenvalue weighted by atomic mass is 16.2. The molecule has 1 saturated heterocycles. The Morgan fingerprint density at radius 2 is 1.94 bits per heavy atom. The summed E-state index contributed by atoms with van der Waals surface area (Å²) >= 11 is 0. The van der Waals surface area contributed by atoms with Crippen molar-refractivity contribution in [3.05, 3.63) is 12.2 Å². The van der Waals surface area contributed by atoms with Crippen molar-refractivity contribution in [1.82, 2.24) is 9.80 Å². The zero-order valence-electron chi connectivity index (χ0n) is 11.6. The molecule has 0 aromatic carbocycles. The van der Waals surface area contributed by atoms with Crippen LogP contribution in [-0.4, -0.2) is 49.4 Å². The molecule has 0 saturated carbocycles. The predicted molar refractivity (Wildman–Crippen MR) is 71.8 cm³/mol. The summed E-state index contributed by atoms with van der Waals surface area (Å²) in [7, 11) is 4.01. The van der Waals surface area contributed by atoms with E-state index < -0.39 is 0 Å². The fraction of sp³-hybridized carbons (Fsp3) is 0.786. The van der Waals surface area contributed by atoms with Crippen molar-refractivity contribution in [2.24, 2.45) is 11.8 Å². The van der Waals surface area contributed by atoms with Crippen LogP contribution in [0.25, 0.3) is 0 Å². The van der Waals surface area contributed by atoms with Crippen LogP contribution < -0.4 is 0 Å². The van der Waals surface area contributed by atoms with E-state index in [9.17, 15) is 4.79 Å². The van der Waals surface area contributed by atoms with Gasteiger partial charge in [0.15, 0.2) is 0 Å². The van der Waals surface area contributed by atoms with Gasteiger partial charge in [-0.15, -0.1) is 0 Å². The van der Waals surface area contributed by atoms with Crippen LogP contribution in [0.4, 0.5) is 0 Å². The maximum Gasteiger partial charge on any atom is 0.246 e. The molecule has 0 atom stereocenters. The van der Waals surface area contributed by atoms with Crippen LogP contribution in [0.3, 0.4) is 0 Å². The van der Waals surface area contributed by atoms with E-state index in [1.807, 2.05) is 25.1 Å². The quantitative estimate of drug-likeness (QED) is 0.699. The molecule has 0 radical (unpaired) electrons. The minimum Gasteiger partial charge on any atom is -0.339 e. The molecular weight excluding hydrogens is 212 g/mol. The molecule has 1 rings (SSSR count). The Kier molecular flexibility index (Phi) is 5.69. The Hall–Kier alpha value is -0.830. The lowest BCUT2D eigenvalue weighted by Crippen LogP contribution is -2.38. The Morgan fingerprint density at radius 1 is 1.35 bits per heavy atom. The first-order chi connectivity index (χ1) is 8.00. The van der Waals surface area contributed by atoms with Crippen LogP contribution in [0.5, 0.6) is 0 Å². The van der Waals surface area contributed by atoms with Gasteiger partial charge in [0.25, 0.3) is 0 Å². The maximum absolute atomic E-state index is 11.9. The molecule has 3 nitrogen and oxygen atoms in total. The average Bonchev–Trinajstić information content (AvgIpc) is 2.28. The summed E-state index contributed by atoms with van der Waals surface area (Å²) in [5, 5.41) is 0. The van der Waals surface area contributed by atoms with Gasteiger partial charge in [-0.2, -0.15) is 0 Å². The SMILES string of the molecule is CC(C)C1CCN(C(=O)/C=C/CN(C)C)CC1. The summed E-state index contributed by atoms with van der Waals surface area (Å²) in [4.78, 5) is 15.9. The number of piperidine rings is 1. The van der Waals surface area contributed by atoms with E-state index in [0.29, 0.717) is 0 Å². The molecule has 1 aliphatic heterocycles. The van der Waals surface area contributed by atoms with E-state index in [2.05, 4.69) is 18.7 Å². The molecule has 0 aliphatic carbocycles. The van der Waals surface area contributed by atoms with E-state index in [-0.39, 0.29) is 5.91 Å². The molecule has 0 unspecified atom stereocenters. The molecule has 17 heavy (non-hydrogen) atoms. The Bertz CT molecular complexity index is 263. The third-order valence-corrected chi connectivity index (χ3v) is 3.53. The van der Waals surface area contributed by atoms with Crippen LogP contribution in [0.2, 0.25) is 0 Å². The van der Waals surface area contributed by atoms with E-state index in [1.54, 1.807) is 6.08 Å². The number of amides is 1. The summed E-state index contributed by atoms with van der Waals surface area (Å²) in [5.74, 6) is 1.72. The summed E-state index contributed by atoms with van der Waals surface area (Å²) < 4.78 is 0. The topological polar surface area (TPSA) is 23.6 Å². The summed E-state index contributed by atoms with van der Waals surface area (Å²) in [6.45, 7) is 7.23. The second kappa shape index (κ2) is 6.80. The Balaban J connectivity index is 2.33. The Labute approximate surface area is 105 Å². The number of nitrogens with zero attached hydrogens (tertiary/aromatic N) is 2. The van der Waals surface area contributed by atoms with Crippen molar-refractivity contribution in [1.29, 1.82) is 0 Å². The van der Waals surface area contributed by atoms with Crippen LogP contribution in [-0.2, 0) is 4.79 Å². The molecule has 1 amide bonds. The normalized spacial score (nSPS) is 18.6. The zero-order chi connectivity index (χ0) is 12.8. The molecule has 1 fully saturated rings. The van der Waals surface area contributed by atoms with Crippen molar-refractivity contribution in [3.8, 4) is 0 Å². The molecular formula is C14H26N2O. The van der Waals surface area contributed by atoms with Crippen LogP contribution in [0.15, 0.2) is 12.2 Å². The summed E-state index contributed by atoms with van der Waals surface area (Å²) in [5.41, 5.74) is 0. The first kappa shape index (κ1) is 14.2. The monoisotopic (exact) mass is 238 g/mol. The zero-order valence-corrected chi connectivity index (χ0v) is 11.6. The molecule has 0 N–H and O–H groups in total. The third kappa shape index (κ3) is 4.90. The summed E-state index contributed by atoms with van der Waals surface area (Å²) in [6, 6.07) is 0. The van der Waals surface area contributed by atoms with Gasteiger partial charge in [0.2, 0.25) is 5.91 Å². The lowest BCUT2D eigenvalue weighted by atomic mass is 9.87. The smallest absolute Gasteiger partial charge is 0.246 e. The van der Waals surface area contributed by atoms with Gasteiger partial charge in [-0.3, -0.25) is 4.79 Å². The average molecular weight is 238 g/mol. The van der Waals surface area contributed by atoms with E-state index in [4.69, 9.17) is 0 Å². The number of carbonyl (C=O) groups excluding carboxylic acids is 1. The number of likely N-dealkylation sites (N-methyl/N-ethyl adjacent to an activating group) is 1. The van der Waals surface area contributed by atoms with Crippen molar-refractivity contribution < 1.29 is 4.79 Å². The highest BCUT2D eigenvalue weighted by molar-refractivity contribution is 5.87. The third-order valence-electron chi connectivity index (χ3n) is 3.53. The maximum atomic E-state index is 11.9. The van der Waals surface area contributed by atoms with Crippen LogP contribution in [0, 0.1) is 11.8 Å². The van der Waals surface area contributed by atoms with E-state index in [1.165, 1.54) is 0 Å². The van der Waals surface area contributed by atoms with Gasteiger partial charge in [-0.25, -0.2) is 0 Å². The summed E-state index contributed by atoms with van der Waals surface area (Å²) in [6.07, 6.45) is 5.97. The van der Waals surface area contributed by atoms with Crippen molar-refractivity contribution in [2.75, 3.05) is 33.7 Å². The fourth-order valence-corrected chi connectivity index (χ4v) is 2.26. The molecule has 0 bridgehead atoms. The molecule has 98 valence electrons. The van der Waals surface area contributed by atoms with Crippen molar-refractivity contribution >= 4 is 5.91 Å². The first-order valence-corrected chi connectivity index (χ1v) is 6.61. The van der Waals surface area contributed by atoms with E-state index in [0.717, 1.165) is 44.3 Å². The predicted octanol–water partition coefficient (Wildman–Crippen LogP) is 2.00. The molecule has 1 aliphatic rings. The van der Waals surface area contributed by atoms with Gasteiger partial charge in [0, 0.05) is 25.7 Å². The largest absolute Gasteiger partial charge is 0.339 e. The number of carbonyl (C=O) groups is 1. The molecule has 1 heterocycles. The van der Waals surface area contributed by atoms with Gasteiger partial charge in [-0.05, 0) is 38.8 Å². The molecule has 0 spiro atoms. The first-order valence-electron chi connectivity index (χ1n) is 6.61. The fourth-order valence-electron chi connectivity index (χ4n) is 2.26. The van der Waals surface area contributed by atoms with Gasteiger partial charge >= 0.3 is 0 Å². The Morgan fingerprint density at radius 3 is 2.41 bits per heavy atom. The highest BCUT2D eigenvalue weighted by Gasteiger charge is 2.23. The van der Waals surface area contributed by atoms with Crippen LogP contribution in [0.1, 0.15) is 26.7 Å². The lowest BCUT2D eigenvalue weighted by Gasteiger charge is -2.33. The highest BCUT2D eigenvalue weighted by Crippen LogP contribution is 2.24. The van der Waals surface area contributed by atoms with Crippen LogP contribution >= 0.6 is 0 Å². The number of likely N-dealkylation sites (tertiary alicyclic amines) is 1. The standard InChI is InChI=1S/C14H26N2O/c1-12(2)13-7-10-16(11-8-13)14(17)6-5-9-15(3)4/h5-6,12-13H,7-11H2,1-4H3/b6-5+. The van der Waals surface area contributed by atoms with Gasteiger partial charge in [0.1, 0.15) is 0 Å². The molecule has 0 aromatic heterocycles. The van der Waals surface area contributed by atoms with Gasteiger partial charge in [0.05, 0.1) is 0 Å². The number of rotatable bonds is 4. The molecule has 3 heteroatoms. The van der Waals surface area contributed by atoms with Crippen molar-refractivity contribution in [3.63, 3.8) is 0 Å². The molecule has 0 aromatic rings. The number of hydrogen-bond acceptors (Lipinski definition) is 2. The van der Waals surface area contributed by atoms with Crippen molar-refractivity contribution in [2.45, 2.75) is 26.7 Å². The second-order valence-electron chi connectivity index (χ2n) is 5.57. The van der Waals surface area contributed by atoms with Gasteiger partial charge in [-0.1, -0.05) is 19.9 Å². The minimum absolute atomic E-state index is 0.175.